The number of halogens is 2. The highest BCUT2D eigenvalue weighted by Gasteiger charge is 2.39. The highest BCUT2D eigenvalue weighted by molar-refractivity contribution is 7.85. The average molecular weight is 308 g/mol. The molecule has 3 atom stereocenters. The van der Waals surface area contributed by atoms with Crippen molar-refractivity contribution in [3.8, 4) is 0 Å². The van der Waals surface area contributed by atoms with Crippen LogP contribution in [0.15, 0.2) is 23.1 Å². The van der Waals surface area contributed by atoms with Gasteiger partial charge in [0.15, 0.2) is 0 Å². The van der Waals surface area contributed by atoms with E-state index in [9.17, 15) is 9.32 Å². The molecule has 1 saturated heterocycles. The SMILES string of the molecule is CC1(O)CCNCC1S(=O)c1ccc(Cl)c(Cl)c1. The fraction of sp³-hybridized carbons (Fsp3) is 0.500. The van der Waals surface area contributed by atoms with Gasteiger partial charge in [0.25, 0.3) is 0 Å². The number of hydrogen-bond donors (Lipinski definition) is 2. The Morgan fingerprint density at radius 3 is 2.78 bits per heavy atom. The molecule has 0 amide bonds. The Kier molecular flexibility index (Phi) is 4.34. The van der Waals surface area contributed by atoms with E-state index >= 15 is 0 Å². The summed E-state index contributed by atoms with van der Waals surface area (Å²) < 4.78 is 12.5. The van der Waals surface area contributed by atoms with Gasteiger partial charge < -0.3 is 10.4 Å². The minimum absolute atomic E-state index is 0.344. The van der Waals surface area contributed by atoms with Crippen molar-refractivity contribution in [2.24, 2.45) is 0 Å². The Morgan fingerprint density at radius 2 is 2.17 bits per heavy atom. The lowest BCUT2D eigenvalue weighted by molar-refractivity contribution is 0.0341. The molecule has 2 N–H and O–H groups in total. The van der Waals surface area contributed by atoms with Gasteiger partial charge in [0, 0.05) is 11.4 Å². The van der Waals surface area contributed by atoms with Crippen molar-refractivity contribution < 1.29 is 9.32 Å². The summed E-state index contributed by atoms with van der Waals surface area (Å²) in [6, 6.07) is 4.92. The summed E-state index contributed by atoms with van der Waals surface area (Å²) in [5, 5.41) is 13.9. The third-order valence-corrected chi connectivity index (χ3v) is 5.86. The number of rotatable bonds is 2. The number of benzene rings is 1. The van der Waals surface area contributed by atoms with Gasteiger partial charge in [-0.1, -0.05) is 23.2 Å². The quantitative estimate of drug-likeness (QED) is 0.881. The minimum Gasteiger partial charge on any atom is -0.389 e. The molecular formula is C12H15Cl2NO2S. The Balaban J connectivity index is 2.27. The first-order chi connectivity index (χ1) is 8.42. The lowest BCUT2D eigenvalue weighted by atomic mass is 9.94. The first-order valence-corrected chi connectivity index (χ1v) is 7.67. The largest absolute Gasteiger partial charge is 0.389 e. The molecule has 0 aromatic heterocycles. The third-order valence-electron chi connectivity index (χ3n) is 3.21. The van der Waals surface area contributed by atoms with E-state index in [1.54, 1.807) is 25.1 Å². The molecule has 1 aromatic carbocycles. The monoisotopic (exact) mass is 307 g/mol. The van der Waals surface area contributed by atoms with E-state index in [2.05, 4.69) is 5.32 Å². The topological polar surface area (TPSA) is 49.3 Å². The summed E-state index contributed by atoms with van der Waals surface area (Å²) in [5.74, 6) is 0. The first kappa shape index (κ1) is 14.3. The normalized spacial score (nSPS) is 30.1. The van der Waals surface area contributed by atoms with Crippen LogP contribution in [0.1, 0.15) is 13.3 Å². The molecule has 0 spiro atoms. The molecule has 2 rings (SSSR count). The molecule has 3 unspecified atom stereocenters. The van der Waals surface area contributed by atoms with Crippen LogP contribution in [0.3, 0.4) is 0 Å². The summed E-state index contributed by atoms with van der Waals surface area (Å²) >= 11 is 11.8. The van der Waals surface area contributed by atoms with Crippen LogP contribution < -0.4 is 5.32 Å². The molecule has 1 aromatic rings. The molecule has 18 heavy (non-hydrogen) atoms. The maximum Gasteiger partial charge on any atom is 0.0803 e. The Hall–Kier alpha value is -0.130. The predicted octanol–water partition coefficient (Wildman–Crippen LogP) is 2.21. The molecule has 0 radical (unpaired) electrons. The summed E-state index contributed by atoms with van der Waals surface area (Å²) in [5.41, 5.74) is -0.928. The van der Waals surface area contributed by atoms with Crippen molar-refractivity contribution in [1.82, 2.24) is 5.32 Å². The van der Waals surface area contributed by atoms with E-state index < -0.39 is 16.4 Å². The maximum atomic E-state index is 12.5. The molecule has 0 bridgehead atoms. The molecule has 1 fully saturated rings. The molecule has 1 aliphatic rings. The lowest BCUT2D eigenvalue weighted by Gasteiger charge is -2.36. The van der Waals surface area contributed by atoms with E-state index in [0.717, 1.165) is 6.54 Å². The highest BCUT2D eigenvalue weighted by Crippen LogP contribution is 2.29. The van der Waals surface area contributed by atoms with Gasteiger partial charge >= 0.3 is 0 Å². The van der Waals surface area contributed by atoms with Gasteiger partial charge in [0.1, 0.15) is 0 Å². The highest BCUT2D eigenvalue weighted by atomic mass is 35.5. The number of hydrogen-bond acceptors (Lipinski definition) is 3. The Bertz CT molecular complexity index is 479. The van der Waals surface area contributed by atoms with Crippen LogP contribution in [0.25, 0.3) is 0 Å². The van der Waals surface area contributed by atoms with Crippen molar-refractivity contribution in [2.45, 2.75) is 29.1 Å². The van der Waals surface area contributed by atoms with Gasteiger partial charge in [-0.25, -0.2) is 0 Å². The van der Waals surface area contributed by atoms with E-state index in [0.29, 0.717) is 27.9 Å². The van der Waals surface area contributed by atoms with Gasteiger partial charge in [-0.2, -0.15) is 0 Å². The Labute approximate surface area is 119 Å². The van der Waals surface area contributed by atoms with Crippen LogP contribution in [0, 0.1) is 0 Å². The van der Waals surface area contributed by atoms with Crippen molar-refractivity contribution in [2.75, 3.05) is 13.1 Å². The standard InChI is InChI=1S/C12H15Cl2NO2S/c1-12(16)4-5-15-7-11(12)18(17)8-2-3-9(13)10(14)6-8/h2-3,6,11,15-16H,4-5,7H2,1H3. The second kappa shape index (κ2) is 5.47. The molecule has 6 heteroatoms. The van der Waals surface area contributed by atoms with Crippen LogP contribution in [0.5, 0.6) is 0 Å². The molecule has 100 valence electrons. The number of nitrogens with one attached hydrogen (secondary N) is 1. The summed E-state index contributed by atoms with van der Waals surface area (Å²) in [6.45, 7) is 3.00. The lowest BCUT2D eigenvalue weighted by Crippen LogP contribution is -2.54. The van der Waals surface area contributed by atoms with Gasteiger partial charge in [-0.05, 0) is 38.1 Å². The predicted molar refractivity (Wildman–Crippen MR) is 74.8 cm³/mol. The Morgan fingerprint density at radius 1 is 1.44 bits per heavy atom. The summed E-state index contributed by atoms with van der Waals surface area (Å²) in [6.07, 6.45) is 0.588. The second-order valence-corrected chi connectivity index (χ2v) is 7.12. The fourth-order valence-electron chi connectivity index (χ4n) is 2.03. The van der Waals surface area contributed by atoms with Crippen molar-refractivity contribution in [3.05, 3.63) is 28.2 Å². The van der Waals surface area contributed by atoms with Gasteiger partial charge in [0.05, 0.1) is 31.7 Å². The average Bonchev–Trinajstić information content (AvgIpc) is 2.31. The van der Waals surface area contributed by atoms with Crippen LogP contribution in [0.4, 0.5) is 0 Å². The van der Waals surface area contributed by atoms with Gasteiger partial charge in [-0.15, -0.1) is 0 Å². The first-order valence-electron chi connectivity index (χ1n) is 5.70. The third kappa shape index (κ3) is 2.89. The van der Waals surface area contributed by atoms with E-state index in [-0.39, 0.29) is 5.25 Å². The van der Waals surface area contributed by atoms with Crippen molar-refractivity contribution in [1.29, 1.82) is 0 Å². The molecule has 0 aliphatic carbocycles. The number of piperidine rings is 1. The zero-order chi connectivity index (χ0) is 13.3. The van der Waals surface area contributed by atoms with E-state index in [1.165, 1.54) is 0 Å². The van der Waals surface area contributed by atoms with Crippen LogP contribution in [-0.2, 0) is 10.8 Å². The van der Waals surface area contributed by atoms with Crippen LogP contribution in [0.2, 0.25) is 10.0 Å². The zero-order valence-electron chi connectivity index (χ0n) is 9.95. The smallest absolute Gasteiger partial charge is 0.0803 e. The maximum absolute atomic E-state index is 12.5. The van der Waals surface area contributed by atoms with Crippen LogP contribution in [-0.4, -0.2) is 33.3 Å². The fourth-order valence-corrected chi connectivity index (χ4v) is 4.00. The number of aliphatic hydroxyl groups is 1. The van der Waals surface area contributed by atoms with Crippen LogP contribution >= 0.6 is 23.2 Å². The minimum atomic E-state index is -1.31. The van der Waals surface area contributed by atoms with Crippen molar-refractivity contribution in [3.63, 3.8) is 0 Å². The van der Waals surface area contributed by atoms with E-state index in [4.69, 9.17) is 23.2 Å². The van der Waals surface area contributed by atoms with Gasteiger partial charge in [-0.3, -0.25) is 4.21 Å². The summed E-state index contributed by atoms with van der Waals surface area (Å²) in [4.78, 5) is 0.596. The van der Waals surface area contributed by atoms with Gasteiger partial charge in [0.2, 0.25) is 0 Å². The molecule has 1 aliphatic heterocycles. The zero-order valence-corrected chi connectivity index (χ0v) is 12.3. The molecule has 3 nitrogen and oxygen atoms in total. The molecule has 1 heterocycles. The van der Waals surface area contributed by atoms with E-state index in [1.807, 2.05) is 0 Å². The molecular weight excluding hydrogens is 293 g/mol. The summed E-state index contributed by atoms with van der Waals surface area (Å²) in [7, 11) is -1.31. The molecule has 0 saturated carbocycles. The van der Waals surface area contributed by atoms with Crippen molar-refractivity contribution >= 4 is 34.0 Å². The second-order valence-electron chi connectivity index (χ2n) is 4.67.